The number of fused-ring (bicyclic) bond motifs is 2. The predicted molar refractivity (Wildman–Crippen MR) is 133 cm³/mol. The topological polar surface area (TPSA) is 44.3 Å². The fourth-order valence-electron chi connectivity index (χ4n) is 3.85. The Labute approximate surface area is 188 Å². The van der Waals surface area contributed by atoms with Crippen LogP contribution in [0.1, 0.15) is 22.7 Å². The number of benzene rings is 2. The Morgan fingerprint density at radius 3 is 2.42 bits per heavy atom. The second kappa shape index (κ2) is 9.73. The summed E-state index contributed by atoms with van der Waals surface area (Å²) in [6.07, 6.45) is 1.08. The van der Waals surface area contributed by atoms with Crippen molar-refractivity contribution in [1.29, 1.82) is 0 Å². The molecule has 2 heterocycles. The predicted octanol–water partition coefficient (Wildman–Crippen LogP) is 5.15. The summed E-state index contributed by atoms with van der Waals surface area (Å²) in [6.45, 7) is 5.79. The molecule has 2 aromatic carbocycles. The third-order valence-electron chi connectivity index (χ3n) is 5.49. The van der Waals surface area contributed by atoms with E-state index in [9.17, 15) is 0 Å². The van der Waals surface area contributed by atoms with Gasteiger partial charge < -0.3 is 10.2 Å². The minimum absolute atomic E-state index is 0.713. The fourth-order valence-corrected chi connectivity index (χ4v) is 5.14. The number of anilines is 1. The Balaban J connectivity index is 1.50. The summed E-state index contributed by atoms with van der Waals surface area (Å²) in [7, 11) is 6.35. The van der Waals surface area contributed by atoms with Crippen LogP contribution in [0.5, 0.6) is 0 Å². The molecule has 0 saturated carbocycles. The van der Waals surface area contributed by atoms with Crippen LogP contribution in [0, 0.1) is 6.92 Å². The summed E-state index contributed by atoms with van der Waals surface area (Å²) >= 11 is 1.89. The number of nitrogens with one attached hydrogen (secondary N) is 1. The highest BCUT2D eigenvalue weighted by atomic mass is 32.1. The molecule has 0 amide bonds. The molecule has 2 aromatic heterocycles. The molecule has 0 aliphatic carbocycles. The number of nitrogens with zero attached hydrogens (tertiary/aromatic N) is 4. The molecule has 0 atom stereocenters. The van der Waals surface area contributed by atoms with Crippen molar-refractivity contribution in [3.8, 4) is 0 Å². The highest BCUT2D eigenvalue weighted by Crippen LogP contribution is 2.31. The second-order valence-corrected chi connectivity index (χ2v) is 9.54. The zero-order chi connectivity index (χ0) is 21.8. The third-order valence-corrected chi connectivity index (χ3v) is 6.75. The number of hydrogen-bond acceptors (Lipinski definition) is 6. The average molecular weight is 434 g/mol. The van der Waals surface area contributed by atoms with Crippen LogP contribution in [0.4, 0.5) is 5.82 Å². The van der Waals surface area contributed by atoms with Gasteiger partial charge in [0.15, 0.2) is 0 Å². The number of aromatic nitrogens is 2. The van der Waals surface area contributed by atoms with E-state index in [0.717, 1.165) is 48.6 Å². The summed E-state index contributed by atoms with van der Waals surface area (Å²) in [6, 6.07) is 16.9. The fraction of sp³-hybridized carbons (Fsp3) is 0.360. The summed E-state index contributed by atoms with van der Waals surface area (Å²) in [5.41, 5.74) is 2.38. The Hall–Kier alpha value is -2.54. The summed E-state index contributed by atoms with van der Waals surface area (Å²) in [5.74, 6) is 1.79. The van der Waals surface area contributed by atoms with Crippen LogP contribution in [-0.2, 0) is 13.1 Å². The maximum absolute atomic E-state index is 4.89. The molecule has 0 spiro atoms. The minimum Gasteiger partial charge on any atom is -0.369 e. The van der Waals surface area contributed by atoms with E-state index in [2.05, 4.69) is 79.6 Å². The maximum atomic E-state index is 4.89. The van der Waals surface area contributed by atoms with Crippen molar-refractivity contribution in [2.45, 2.75) is 26.4 Å². The van der Waals surface area contributed by atoms with Crippen LogP contribution in [0.25, 0.3) is 21.0 Å². The van der Waals surface area contributed by atoms with Gasteiger partial charge in [-0.25, -0.2) is 9.97 Å². The lowest BCUT2D eigenvalue weighted by Crippen LogP contribution is -2.20. The lowest BCUT2D eigenvalue weighted by molar-refractivity contribution is 0.313. The van der Waals surface area contributed by atoms with Gasteiger partial charge in [0, 0.05) is 28.1 Å². The van der Waals surface area contributed by atoms with E-state index in [-0.39, 0.29) is 0 Å². The maximum Gasteiger partial charge on any atom is 0.145 e. The van der Waals surface area contributed by atoms with Crippen LogP contribution in [0.3, 0.4) is 0 Å². The standard InChI is InChI=1S/C25H31N5S/c1-18-19-10-6-8-13-22(19)31-23(18)16-30(4)17-24-27-21-12-7-5-11-20(21)25(28-24)26-14-9-15-29(2)3/h5-8,10-13H,9,14-17H2,1-4H3,(H,26,27,28). The smallest absolute Gasteiger partial charge is 0.145 e. The molecule has 0 bridgehead atoms. The van der Waals surface area contributed by atoms with Gasteiger partial charge in [0.25, 0.3) is 0 Å². The molecule has 6 heteroatoms. The molecule has 1 N–H and O–H groups in total. The molecule has 0 fully saturated rings. The Kier molecular flexibility index (Phi) is 6.80. The monoisotopic (exact) mass is 433 g/mol. The molecular formula is C25H31N5S. The van der Waals surface area contributed by atoms with Gasteiger partial charge in [-0.05, 0) is 70.2 Å². The highest BCUT2D eigenvalue weighted by Gasteiger charge is 2.13. The number of aryl methyl sites for hydroxylation is 1. The van der Waals surface area contributed by atoms with Gasteiger partial charge in [0.05, 0.1) is 12.1 Å². The van der Waals surface area contributed by atoms with E-state index in [1.54, 1.807) is 0 Å². The molecule has 0 unspecified atom stereocenters. The van der Waals surface area contributed by atoms with E-state index < -0.39 is 0 Å². The van der Waals surface area contributed by atoms with Crippen LogP contribution < -0.4 is 5.32 Å². The van der Waals surface area contributed by atoms with Crippen molar-refractivity contribution < 1.29 is 0 Å². The molecule has 0 saturated heterocycles. The summed E-state index contributed by atoms with van der Waals surface area (Å²) in [4.78, 5) is 15.6. The van der Waals surface area contributed by atoms with Crippen LogP contribution in [0.2, 0.25) is 0 Å². The van der Waals surface area contributed by atoms with Gasteiger partial charge in [-0.15, -0.1) is 11.3 Å². The van der Waals surface area contributed by atoms with Gasteiger partial charge in [-0.1, -0.05) is 30.3 Å². The van der Waals surface area contributed by atoms with Crippen LogP contribution in [0.15, 0.2) is 48.5 Å². The quantitative estimate of drug-likeness (QED) is 0.370. The zero-order valence-corrected chi connectivity index (χ0v) is 19.7. The van der Waals surface area contributed by atoms with Crippen molar-refractivity contribution in [2.75, 3.05) is 39.5 Å². The molecule has 4 rings (SSSR count). The number of rotatable bonds is 9. The van der Waals surface area contributed by atoms with E-state index in [1.807, 2.05) is 23.5 Å². The molecule has 0 aliphatic heterocycles. The van der Waals surface area contributed by atoms with Crippen molar-refractivity contribution in [3.63, 3.8) is 0 Å². The molecular weight excluding hydrogens is 402 g/mol. The van der Waals surface area contributed by atoms with Crippen molar-refractivity contribution in [2.24, 2.45) is 0 Å². The number of hydrogen-bond donors (Lipinski definition) is 1. The van der Waals surface area contributed by atoms with Gasteiger partial charge >= 0.3 is 0 Å². The third kappa shape index (κ3) is 5.21. The Bertz CT molecular complexity index is 1170. The zero-order valence-electron chi connectivity index (χ0n) is 18.9. The lowest BCUT2D eigenvalue weighted by Gasteiger charge is -2.17. The van der Waals surface area contributed by atoms with E-state index in [0.29, 0.717) is 6.54 Å². The van der Waals surface area contributed by atoms with E-state index in [1.165, 1.54) is 20.5 Å². The normalized spacial score (nSPS) is 11.8. The molecule has 0 aliphatic rings. The van der Waals surface area contributed by atoms with Gasteiger partial charge in [-0.3, -0.25) is 4.90 Å². The van der Waals surface area contributed by atoms with Gasteiger partial charge in [-0.2, -0.15) is 0 Å². The summed E-state index contributed by atoms with van der Waals surface area (Å²) in [5, 5.41) is 5.98. The van der Waals surface area contributed by atoms with Crippen LogP contribution in [-0.4, -0.2) is 54.0 Å². The average Bonchev–Trinajstić information content (AvgIpc) is 3.06. The molecule has 31 heavy (non-hydrogen) atoms. The van der Waals surface area contributed by atoms with Crippen molar-refractivity contribution in [3.05, 3.63) is 64.8 Å². The molecule has 0 radical (unpaired) electrons. The molecule has 162 valence electrons. The first-order chi connectivity index (χ1) is 15.0. The number of thiophene rings is 1. The number of para-hydroxylation sites is 1. The van der Waals surface area contributed by atoms with Crippen molar-refractivity contribution in [1.82, 2.24) is 19.8 Å². The molecule has 4 aromatic rings. The minimum atomic E-state index is 0.713. The lowest BCUT2D eigenvalue weighted by atomic mass is 10.1. The van der Waals surface area contributed by atoms with Gasteiger partial charge in [0.1, 0.15) is 11.6 Å². The SMILES string of the molecule is Cc1c(CN(C)Cc2nc(NCCCN(C)C)c3ccccc3n2)sc2ccccc12. The van der Waals surface area contributed by atoms with E-state index >= 15 is 0 Å². The van der Waals surface area contributed by atoms with Crippen molar-refractivity contribution >= 4 is 38.1 Å². The van der Waals surface area contributed by atoms with E-state index in [4.69, 9.17) is 9.97 Å². The summed E-state index contributed by atoms with van der Waals surface area (Å²) < 4.78 is 1.36. The first kappa shape index (κ1) is 21.7. The van der Waals surface area contributed by atoms with Gasteiger partial charge in [0.2, 0.25) is 0 Å². The second-order valence-electron chi connectivity index (χ2n) is 8.41. The Morgan fingerprint density at radius 1 is 0.903 bits per heavy atom. The Morgan fingerprint density at radius 2 is 1.65 bits per heavy atom. The van der Waals surface area contributed by atoms with Crippen LogP contribution >= 0.6 is 11.3 Å². The molecule has 5 nitrogen and oxygen atoms in total. The first-order valence-corrected chi connectivity index (χ1v) is 11.6. The first-order valence-electron chi connectivity index (χ1n) is 10.8. The highest BCUT2D eigenvalue weighted by molar-refractivity contribution is 7.19. The largest absolute Gasteiger partial charge is 0.369 e.